The lowest BCUT2D eigenvalue weighted by Crippen LogP contribution is -2.46. The number of carbonyl (C=O) groups is 3. The number of amides is 3. The van der Waals surface area contributed by atoms with Crippen molar-refractivity contribution < 1.29 is 27.9 Å². The average molecular weight is 542 g/mol. The SMILES string of the molecule is O=C(Nc1ccc(C2OC(=O)N(Cc3ccc(F)cc3)C2C(=O)NCc2ccccc2)cc1)c1ccccc1F. The molecular weight excluding hydrogens is 516 g/mol. The van der Waals surface area contributed by atoms with Crippen LogP contribution in [-0.2, 0) is 22.6 Å². The number of rotatable bonds is 8. The highest BCUT2D eigenvalue weighted by atomic mass is 19.1. The first-order valence-corrected chi connectivity index (χ1v) is 12.6. The normalized spacial score (nSPS) is 16.4. The van der Waals surface area contributed by atoms with E-state index < -0.39 is 41.7 Å². The zero-order valence-electron chi connectivity index (χ0n) is 21.2. The van der Waals surface area contributed by atoms with Crippen LogP contribution < -0.4 is 10.6 Å². The van der Waals surface area contributed by atoms with Gasteiger partial charge < -0.3 is 15.4 Å². The molecule has 0 saturated carbocycles. The zero-order chi connectivity index (χ0) is 28.1. The Bertz CT molecular complexity index is 1510. The fraction of sp³-hybridized carbons (Fsp3) is 0.129. The van der Waals surface area contributed by atoms with E-state index in [4.69, 9.17) is 4.74 Å². The van der Waals surface area contributed by atoms with Gasteiger partial charge in [0.2, 0.25) is 5.91 Å². The van der Waals surface area contributed by atoms with E-state index >= 15 is 0 Å². The molecule has 5 rings (SSSR count). The average Bonchev–Trinajstić information content (AvgIpc) is 3.29. The van der Waals surface area contributed by atoms with E-state index in [2.05, 4.69) is 10.6 Å². The molecule has 7 nitrogen and oxygen atoms in total. The monoisotopic (exact) mass is 541 g/mol. The highest BCUT2D eigenvalue weighted by molar-refractivity contribution is 6.04. The Labute approximate surface area is 229 Å². The predicted octanol–water partition coefficient (Wildman–Crippen LogP) is 5.60. The number of hydrogen-bond acceptors (Lipinski definition) is 4. The fourth-order valence-electron chi connectivity index (χ4n) is 4.49. The quantitative estimate of drug-likeness (QED) is 0.304. The number of carbonyl (C=O) groups excluding carboxylic acids is 3. The molecule has 1 saturated heterocycles. The van der Waals surface area contributed by atoms with Gasteiger partial charge in [0.25, 0.3) is 5.91 Å². The lowest BCUT2D eigenvalue weighted by molar-refractivity contribution is -0.126. The summed E-state index contributed by atoms with van der Waals surface area (Å²) >= 11 is 0. The predicted molar refractivity (Wildman–Crippen MR) is 144 cm³/mol. The summed E-state index contributed by atoms with van der Waals surface area (Å²) in [6.45, 7) is 0.290. The van der Waals surface area contributed by atoms with Crippen molar-refractivity contribution in [2.45, 2.75) is 25.2 Å². The lowest BCUT2D eigenvalue weighted by Gasteiger charge is -2.24. The molecule has 0 aliphatic carbocycles. The van der Waals surface area contributed by atoms with E-state index in [0.29, 0.717) is 16.8 Å². The van der Waals surface area contributed by atoms with Gasteiger partial charge in [-0.05, 0) is 53.1 Å². The van der Waals surface area contributed by atoms with Crippen LogP contribution in [0.4, 0.5) is 19.3 Å². The third-order valence-corrected chi connectivity index (χ3v) is 6.54. The Hall–Kier alpha value is -5.05. The Balaban J connectivity index is 1.37. The van der Waals surface area contributed by atoms with E-state index in [0.717, 1.165) is 5.56 Å². The number of benzene rings is 4. The molecule has 2 N–H and O–H groups in total. The van der Waals surface area contributed by atoms with Crippen LogP contribution in [-0.4, -0.2) is 28.8 Å². The fourth-order valence-corrected chi connectivity index (χ4v) is 4.49. The number of hydrogen-bond donors (Lipinski definition) is 2. The molecule has 1 fully saturated rings. The summed E-state index contributed by atoms with van der Waals surface area (Å²) in [5, 5.41) is 5.52. The van der Waals surface area contributed by atoms with Crippen molar-refractivity contribution >= 4 is 23.6 Å². The molecular formula is C31H25F2N3O4. The molecule has 0 aromatic heterocycles. The van der Waals surface area contributed by atoms with Gasteiger partial charge in [0, 0.05) is 12.2 Å². The molecule has 2 atom stereocenters. The van der Waals surface area contributed by atoms with Gasteiger partial charge >= 0.3 is 6.09 Å². The van der Waals surface area contributed by atoms with Crippen molar-refractivity contribution in [3.8, 4) is 0 Å². The van der Waals surface area contributed by atoms with Crippen molar-refractivity contribution in [3.05, 3.63) is 137 Å². The molecule has 202 valence electrons. The van der Waals surface area contributed by atoms with Crippen LogP contribution in [0.5, 0.6) is 0 Å². The topological polar surface area (TPSA) is 87.7 Å². The minimum atomic E-state index is -1.01. The van der Waals surface area contributed by atoms with Crippen molar-refractivity contribution in [3.63, 3.8) is 0 Å². The summed E-state index contributed by atoms with van der Waals surface area (Å²) in [7, 11) is 0. The highest BCUT2D eigenvalue weighted by Crippen LogP contribution is 2.34. The van der Waals surface area contributed by atoms with E-state index in [1.54, 1.807) is 42.5 Å². The van der Waals surface area contributed by atoms with Crippen molar-refractivity contribution in [2.24, 2.45) is 0 Å². The summed E-state index contributed by atoms with van der Waals surface area (Å²) in [4.78, 5) is 40.2. The van der Waals surface area contributed by atoms with Crippen molar-refractivity contribution in [2.75, 3.05) is 5.32 Å². The first kappa shape index (κ1) is 26.6. The Morgan fingerprint density at radius 2 is 1.48 bits per heavy atom. The second kappa shape index (κ2) is 11.8. The molecule has 0 spiro atoms. The van der Waals surface area contributed by atoms with Gasteiger partial charge in [-0.1, -0.05) is 66.7 Å². The maximum Gasteiger partial charge on any atom is 0.411 e. The molecule has 3 amide bonds. The minimum absolute atomic E-state index is 0.0375. The van der Waals surface area contributed by atoms with Gasteiger partial charge in [-0.3, -0.25) is 14.5 Å². The number of cyclic esters (lactones) is 1. The van der Waals surface area contributed by atoms with Gasteiger partial charge in [0.05, 0.1) is 12.1 Å². The number of ether oxygens (including phenoxy) is 1. The van der Waals surface area contributed by atoms with E-state index in [-0.39, 0.29) is 18.7 Å². The van der Waals surface area contributed by atoms with E-state index in [1.165, 1.54) is 35.2 Å². The maximum atomic E-state index is 14.0. The van der Waals surface area contributed by atoms with E-state index in [9.17, 15) is 23.2 Å². The smallest absolute Gasteiger partial charge is 0.411 e. The number of nitrogens with one attached hydrogen (secondary N) is 2. The van der Waals surface area contributed by atoms with Crippen LogP contribution in [0.25, 0.3) is 0 Å². The van der Waals surface area contributed by atoms with Crippen molar-refractivity contribution in [1.82, 2.24) is 10.2 Å². The second-order valence-electron chi connectivity index (χ2n) is 9.26. The van der Waals surface area contributed by atoms with Crippen LogP contribution >= 0.6 is 0 Å². The summed E-state index contributed by atoms with van der Waals surface area (Å²) in [6.07, 6.45) is -1.63. The maximum absolute atomic E-state index is 14.0. The number of nitrogens with zero attached hydrogens (tertiary/aromatic N) is 1. The lowest BCUT2D eigenvalue weighted by atomic mass is 10.00. The second-order valence-corrected chi connectivity index (χ2v) is 9.26. The van der Waals surface area contributed by atoms with Gasteiger partial charge in [0.1, 0.15) is 11.6 Å². The molecule has 4 aromatic rings. The molecule has 4 aromatic carbocycles. The third-order valence-electron chi connectivity index (χ3n) is 6.54. The Morgan fingerprint density at radius 1 is 0.800 bits per heavy atom. The molecule has 40 heavy (non-hydrogen) atoms. The highest BCUT2D eigenvalue weighted by Gasteiger charge is 2.46. The Morgan fingerprint density at radius 3 is 2.17 bits per heavy atom. The first-order valence-electron chi connectivity index (χ1n) is 12.6. The zero-order valence-corrected chi connectivity index (χ0v) is 21.2. The van der Waals surface area contributed by atoms with Crippen LogP contribution in [0.2, 0.25) is 0 Å². The largest absolute Gasteiger partial charge is 0.438 e. The van der Waals surface area contributed by atoms with Gasteiger partial charge in [0.15, 0.2) is 12.1 Å². The third kappa shape index (κ3) is 5.99. The van der Waals surface area contributed by atoms with Crippen LogP contribution in [0.3, 0.4) is 0 Å². The number of halogens is 2. The molecule has 0 bridgehead atoms. The minimum Gasteiger partial charge on any atom is -0.438 e. The molecule has 1 aliphatic rings. The molecule has 2 unspecified atom stereocenters. The van der Waals surface area contributed by atoms with E-state index in [1.807, 2.05) is 30.3 Å². The standard InChI is InChI=1S/C31H25F2N3O4/c32-23-14-10-21(11-15-23)19-36-27(30(38)34-18-20-6-2-1-3-7-20)28(40-31(36)39)22-12-16-24(17-13-22)35-29(37)25-8-4-5-9-26(25)33/h1-17,27-28H,18-19H2,(H,34,38)(H,35,37). The molecule has 0 radical (unpaired) electrons. The van der Waals surface area contributed by atoms with Crippen molar-refractivity contribution in [1.29, 1.82) is 0 Å². The summed E-state index contributed by atoms with van der Waals surface area (Å²) < 4.78 is 33.1. The molecule has 1 heterocycles. The van der Waals surface area contributed by atoms with Gasteiger partial charge in [-0.2, -0.15) is 0 Å². The summed E-state index contributed by atoms with van der Waals surface area (Å²) in [5.41, 5.74) is 2.35. The van der Waals surface area contributed by atoms with Gasteiger partial charge in [-0.25, -0.2) is 13.6 Å². The summed E-state index contributed by atoms with van der Waals surface area (Å²) in [6, 6.07) is 26.1. The summed E-state index contributed by atoms with van der Waals surface area (Å²) in [5.74, 6) is -2.08. The van der Waals surface area contributed by atoms with Crippen LogP contribution in [0.1, 0.15) is 33.2 Å². The Kier molecular flexibility index (Phi) is 7.82. The first-order chi connectivity index (χ1) is 19.4. The van der Waals surface area contributed by atoms with Crippen LogP contribution in [0.15, 0.2) is 103 Å². The number of anilines is 1. The van der Waals surface area contributed by atoms with Gasteiger partial charge in [-0.15, -0.1) is 0 Å². The molecule has 9 heteroatoms. The molecule has 1 aliphatic heterocycles. The van der Waals surface area contributed by atoms with Crippen LogP contribution in [0, 0.1) is 11.6 Å².